The van der Waals surface area contributed by atoms with Gasteiger partial charge in [0.05, 0.1) is 18.6 Å². The second-order valence-corrected chi connectivity index (χ2v) is 8.51. The van der Waals surface area contributed by atoms with E-state index in [1.807, 2.05) is 24.3 Å². The normalized spacial score (nSPS) is 10.4. The Morgan fingerprint density at radius 3 is 2.71 bits per heavy atom. The second kappa shape index (κ2) is 10.0. The topological polar surface area (TPSA) is 81.2 Å². The van der Waals surface area contributed by atoms with Crippen LogP contribution in [0.15, 0.2) is 33.1 Å². The number of nitrogens with zero attached hydrogens (tertiary/aromatic N) is 2. The molecular formula is C14H14BrN3O3S3. The van der Waals surface area contributed by atoms with Crippen LogP contribution in [0, 0.1) is 0 Å². The van der Waals surface area contributed by atoms with Gasteiger partial charge in [0.1, 0.15) is 0 Å². The minimum absolute atomic E-state index is 0.127. The van der Waals surface area contributed by atoms with Crippen molar-refractivity contribution in [3.63, 3.8) is 0 Å². The van der Waals surface area contributed by atoms with Gasteiger partial charge < -0.3 is 4.74 Å². The van der Waals surface area contributed by atoms with Crippen LogP contribution in [0.4, 0.5) is 5.13 Å². The first-order valence-electron chi connectivity index (χ1n) is 6.72. The van der Waals surface area contributed by atoms with Gasteiger partial charge in [-0.2, -0.15) is 0 Å². The van der Waals surface area contributed by atoms with Crippen molar-refractivity contribution in [2.75, 3.05) is 23.9 Å². The quantitative estimate of drug-likeness (QED) is 0.377. The highest BCUT2D eigenvalue weighted by molar-refractivity contribution is 9.10. The molecule has 0 saturated heterocycles. The Hall–Kier alpha value is -1.10. The Morgan fingerprint density at radius 2 is 2.00 bits per heavy atom. The molecule has 1 aromatic carbocycles. The molecule has 0 radical (unpaired) electrons. The zero-order chi connectivity index (χ0) is 17.4. The number of nitrogens with one attached hydrogen (secondary N) is 1. The molecule has 0 bridgehead atoms. The summed E-state index contributed by atoms with van der Waals surface area (Å²) >= 11 is 7.37. The van der Waals surface area contributed by atoms with E-state index in [0.717, 1.165) is 15.8 Å². The Morgan fingerprint density at radius 1 is 1.25 bits per heavy atom. The van der Waals surface area contributed by atoms with Crippen LogP contribution in [0.3, 0.4) is 0 Å². The van der Waals surface area contributed by atoms with Gasteiger partial charge in [-0.3, -0.25) is 14.9 Å². The lowest BCUT2D eigenvalue weighted by molar-refractivity contribution is -0.137. The highest BCUT2D eigenvalue weighted by Crippen LogP contribution is 2.25. The molecule has 6 nitrogen and oxygen atoms in total. The standard InChI is InChI=1S/C14H14BrN3O3S3/c1-21-12(20)8-23-14-18-17-13(24-14)16-11(19)7-22-6-9-2-4-10(15)5-3-9/h2-5H,6-8H2,1H3,(H,16,17,19). The molecule has 2 rings (SSSR count). The zero-order valence-electron chi connectivity index (χ0n) is 12.7. The number of methoxy groups -OCH3 is 1. The maximum Gasteiger partial charge on any atom is 0.316 e. The first-order chi connectivity index (χ1) is 11.6. The van der Waals surface area contributed by atoms with E-state index in [-0.39, 0.29) is 17.6 Å². The van der Waals surface area contributed by atoms with Crippen molar-refractivity contribution in [3.8, 4) is 0 Å². The van der Waals surface area contributed by atoms with Crippen LogP contribution >= 0.6 is 50.8 Å². The van der Waals surface area contributed by atoms with Crippen LogP contribution < -0.4 is 5.32 Å². The fourth-order valence-corrected chi connectivity index (χ4v) is 4.15. The summed E-state index contributed by atoms with van der Waals surface area (Å²) in [5.74, 6) is 0.808. The average molecular weight is 448 g/mol. The Labute approximate surface area is 160 Å². The summed E-state index contributed by atoms with van der Waals surface area (Å²) in [6.45, 7) is 0. The molecule has 0 spiro atoms. The van der Waals surface area contributed by atoms with Gasteiger partial charge in [-0.25, -0.2) is 0 Å². The maximum atomic E-state index is 11.9. The van der Waals surface area contributed by atoms with Crippen LogP contribution in [0.5, 0.6) is 0 Å². The molecule has 0 aliphatic rings. The lowest BCUT2D eigenvalue weighted by Crippen LogP contribution is -2.13. The summed E-state index contributed by atoms with van der Waals surface area (Å²) in [4.78, 5) is 23.0. The number of amides is 1. The number of ether oxygens (including phenoxy) is 1. The van der Waals surface area contributed by atoms with E-state index in [9.17, 15) is 9.59 Å². The molecule has 0 fully saturated rings. The van der Waals surface area contributed by atoms with Gasteiger partial charge in [0.15, 0.2) is 4.34 Å². The third-order valence-corrected chi connectivity index (χ3v) is 6.09. The van der Waals surface area contributed by atoms with Crippen LogP contribution in [-0.4, -0.2) is 40.7 Å². The van der Waals surface area contributed by atoms with Gasteiger partial charge in [-0.1, -0.05) is 51.2 Å². The van der Waals surface area contributed by atoms with Crippen molar-refractivity contribution < 1.29 is 14.3 Å². The van der Waals surface area contributed by atoms with E-state index in [1.54, 1.807) is 0 Å². The minimum Gasteiger partial charge on any atom is -0.468 e. The summed E-state index contributed by atoms with van der Waals surface area (Å²) in [6, 6.07) is 7.99. The minimum atomic E-state index is -0.329. The number of carbonyl (C=O) groups is 2. The fourth-order valence-electron chi connectivity index (χ4n) is 1.50. The molecule has 2 aromatic rings. The van der Waals surface area contributed by atoms with Gasteiger partial charge in [0.25, 0.3) is 0 Å². The van der Waals surface area contributed by atoms with Crippen molar-refractivity contribution in [1.29, 1.82) is 0 Å². The van der Waals surface area contributed by atoms with E-state index >= 15 is 0 Å². The highest BCUT2D eigenvalue weighted by Gasteiger charge is 2.10. The molecule has 1 amide bonds. The lowest BCUT2D eigenvalue weighted by atomic mass is 10.2. The molecule has 0 saturated carbocycles. The Bertz CT molecular complexity index is 694. The molecule has 128 valence electrons. The number of hydrogen-bond donors (Lipinski definition) is 1. The summed E-state index contributed by atoms with van der Waals surface area (Å²) in [6.07, 6.45) is 0. The van der Waals surface area contributed by atoms with Crippen LogP contribution in [-0.2, 0) is 20.1 Å². The third kappa shape index (κ3) is 6.80. The number of benzene rings is 1. The molecule has 0 atom stereocenters. The number of thioether (sulfide) groups is 2. The van der Waals surface area contributed by atoms with Gasteiger partial charge in [-0.15, -0.1) is 22.0 Å². The smallest absolute Gasteiger partial charge is 0.316 e. The number of esters is 1. The van der Waals surface area contributed by atoms with Crippen LogP contribution in [0.2, 0.25) is 0 Å². The van der Waals surface area contributed by atoms with E-state index < -0.39 is 0 Å². The molecule has 10 heteroatoms. The molecule has 24 heavy (non-hydrogen) atoms. The number of rotatable bonds is 8. The number of hydrogen-bond acceptors (Lipinski definition) is 8. The number of carbonyl (C=O) groups excluding carboxylic acids is 2. The number of anilines is 1. The molecule has 1 aromatic heterocycles. The maximum absolute atomic E-state index is 11.9. The first-order valence-corrected chi connectivity index (χ1v) is 10.5. The molecule has 0 unspecified atom stereocenters. The largest absolute Gasteiger partial charge is 0.468 e. The van der Waals surface area contributed by atoms with Gasteiger partial charge in [0.2, 0.25) is 11.0 Å². The van der Waals surface area contributed by atoms with Crippen molar-refractivity contribution in [3.05, 3.63) is 34.3 Å². The molecular weight excluding hydrogens is 434 g/mol. The molecule has 1 heterocycles. The predicted molar refractivity (Wildman–Crippen MR) is 102 cm³/mol. The van der Waals surface area contributed by atoms with E-state index in [0.29, 0.717) is 15.2 Å². The van der Waals surface area contributed by atoms with E-state index in [4.69, 9.17) is 0 Å². The summed E-state index contributed by atoms with van der Waals surface area (Å²) in [5.41, 5.74) is 1.16. The molecule has 0 aliphatic carbocycles. The Kier molecular flexibility index (Phi) is 8.03. The molecule has 0 aliphatic heterocycles. The number of halogens is 1. The van der Waals surface area contributed by atoms with Crippen molar-refractivity contribution >= 4 is 67.8 Å². The predicted octanol–water partition coefficient (Wildman–Crippen LogP) is 3.44. The fraction of sp³-hybridized carbons (Fsp3) is 0.286. The molecule has 1 N–H and O–H groups in total. The van der Waals surface area contributed by atoms with Crippen molar-refractivity contribution in [2.24, 2.45) is 0 Å². The second-order valence-electron chi connectivity index (χ2n) is 4.41. The summed E-state index contributed by atoms with van der Waals surface area (Å²) in [5, 5.41) is 10.9. The number of aromatic nitrogens is 2. The van der Waals surface area contributed by atoms with E-state index in [1.165, 1.54) is 42.0 Å². The lowest BCUT2D eigenvalue weighted by Gasteiger charge is -2.02. The van der Waals surface area contributed by atoms with E-state index in [2.05, 4.69) is 36.2 Å². The summed E-state index contributed by atoms with van der Waals surface area (Å²) < 4.78 is 6.20. The van der Waals surface area contributed by atoms with Crippen molar-refractivity contribution in [1.82, 2.24) is 10.2 Å². The van der Waals surface area contributed by atoms with Gasteiger partial charge in [0, 0.05) is 10.2 Å². The zero-order valence-corrected chi connectivity index (χ0v) is 16.7. The van der Waals surface area contributed by atoms with Crippen LogP contribution in [0.25, 0.3) is 0 Å². The monoisotopic (exact) mass is 447 g/mol. The Balaban J connectivity index is 1.71. The summed E-state index contributed by atoms with van der Waals surface area (Å²) in [7, 11) is 1.33. The third-order valence-electron chi connectivity index (χ3n) is 2.61. The average Bonchev–Trinajstić information content (AvgIpc) is 3.01. The van der Waals surface area contributed by atoms with Gasteiger partial charge in [-0.05, 0) is 17.7 Å². The first kappa shape index (κ1) is 19.2. The van der Waals surface area contributed by atoms with Crippen molar-refractivity contribution in [2.45, 2.75) is 10.1 Å². The highest BCUT2D eigenvalue weighted by atomic mass is 79.9. The van der Waals surface area contributed by atoms with Crippen LogP contribution in [0.1, 0.15) is 5.56 Å². The SMILES string of the molecule is COC(=O)CSc1nnc(NC(=O)CSCc2ccc(Br)cc2)s1. The van der Waals surface area contributed by atoms with Gasteiger partial charge >= 0.3 is 5.97 Å².